The second-order valence-electron chi connectivity index (χ2n) is 7.64. The molecule has 3 heterocycles. The smallest absolute Gasteiger partial charge is 0.254 e. The van der Waals surface area contributed by atoms with Crippen molar-refractivity contribution in [2.24, 2.45) is 7.05 Å². The number of carbonyl (C=O) groups is 1. The van der Waals surface area contributed by atoms with Gasteiger partial charge in [-0.3, -0.25) is 14.5 Å². The predicted molar refractivity (Wildman–Crippen MR) is 119 cm³/mol. The lowest BCUT2D eigenvalue weighted by Gasteiger charge is -2.17. The number of nitrogen functional groups attached to an aromatic ring is 1. The maximum atomic E-state index is 13.1. The van der Waals surface area contributed by atoms with E-state index >= 15 is 0 Å². The van der Waals surface area contributed by atoms with Crippen molar-refractivity contribution in [1.82, 2.24) is 19.7 Å². The molecule has 148 valence electrons. The van der Waals surface area contributed by atoms with Gasteiger partial charge in [-0.15, -0.1) is 0 Å². The highest BCUT2D eigenvalue weighted by molar-refractivity contribution is 6.02. The quantitative estimate of drug-likeness (QED) is 0.532. The van der Waals surface area contributed by atoms with E-state index in [1.54, 1.807) is 18.5 Å². The van der Waals surface area contributed by atoms with E-state index in [0.717, 1.165) is 38.7 Å². The van der Waals surface area contributed by atoms with Gasteiger partial charge in [-0.25, -0.2) is 0 Å². The summed E-state index contributed by atoms with van der Waals surface area (Å²) < 4.78 is 1.85. The van der Waals surface area contributed by atoms with Crippen molar-refractivity contribution in [2.45, 2.75) is 6.54 Å². The molecule has 0 fully saturated rings. The fourth-order valence-corrected chi connectivity index (χ4v) is 4.09. The van der Waals surface area contributed by atoms with Gasteiger partial charge in [0.25, 0.3) is 5.91 Å². The van der Waals surface area contributed by atoms with E-state index in [0.29, 0.717) is 24.3 Å². The minimum absolute atomic E-state index is 0.0182. The molecule has 0 aliphatic carbocycles. The number of aryl methyl sites for hydroxylation is 1. The molecule has 1 aliphatic heterocycles. The second-order valence-corrected chi connectivity index (χ2v) is 7.64. The lowest BCUT2D eigenvalue weighted by atomic mass is 9.95. The summed E-state index contributed by atoms with van der Waals surface area (Å²) in [6, 6.07) is 13.7. The van der Waals surface area contributed by atoms with E-state index in [-0.39, 0.29) is 5.91 Å². The van der Waals surface area contributed by atoms with Crippen LogP contribution in [0, 0.1) is 0 Å². The third-order valence-electron chi connectivity index (χ3n) is 5.67. The molecular formula is C24H21N5O. The van der Waals surface area contributed by atoms with Gasteiger partial charge in [0.05, 0.1) is 11.7 Å². The Hall–Kier alpha value is -3.93. The third-order valence-corrected chi connectivity index (χ3v) is 5.67. The van der Waals surface area contributed by atoms with Gasteiger partial charge >= 0.3 is 0 Å². The van der Waals surface area contributed by atoms with Gasteiger partial charge in [-0.2, -0.15) is 5.10 Å². The summed E-state index contributed by atoms with van der Waals surface area (Å²) in [5, 5.41) is 5.40. The van der Waals surface area contributed by atoms with Crippen LogP contribution in [0.4, 0.5) is 5.69 Å². The lowest BCUT2D eigenvalue weighted by Crippen LogP contribution is -2.25. The molecular weight excluding hydrogens is 374 g/mol. The van der Waals surface area contributed by atoms with Crippen LogP contribution in [0.2, 0.25) is 0 Å². The molecule has 2 aromatic carbocycles. The van der Waals surface area contributed by atoms with Crippen LogP contribution in [0.3, 0.4) is 0 Å². The molecule has 1 amide bonds. The maximum Gasteiger partial charge on any atom is 0.254 e. The summed E-state index contributed by atoms with van der Waals surface area (Å²) in [5.41, 5.74) is 13.3. The molecule has 2 aromatic heterocycles. The zero-order chi connectivity index (χ0) is 20.8. The van der Waals surface area contributed by atoms with Crippen LogP contribution in [0.25, 0.3) is 27.6 Å². The van der Waals surface area contributed by atoms with Crippen molar-refractivity contribution in [3.8, 4) is 11.1 Å². The van der Waals surface area contributed by atoms with Crippen molar-refractivity contribution in [3.63, 3.8) is 0 Å². The standard InChI is InChI=1S/C24H21N5O/c1-15(16-5-7-26-8-6-16)13-29-14-22-20(10-19(25)11-21(22)24(29)30)17-3-4-18-12-27-28(2)23(18)9-17/h3-12H,1,13-14,25H2,2H3. The number of anilines is 1. The van der Waals surface area contributed by atoms with Crippen molar-refractivity contribution in [1.29, 1.82) is 0 Å². The first-order valence-corrected chi connectivity index (χ1v) is 9.73. The summed E-state index contributed by atoms with van der Waals surface area (Å²) >= 11 is 0. The topological polar surface area (TPSA) is 77.0 Å². The summed E-state index contributed by atoms with van der Waals surface area (Å²) in [7, 11) is 1.92. The van der Waals surface area contributed by atoms with Crippen molar-refractivity contribution >= 4 is 28.1 Å². The zero-order valence-electron chi connectivity index (χ0n) is 16.7. The SMILES string of the molecule is C=C(CN1Cc2c(cc(N)cc2-c2ccc3cnn(C)c3c2)C1=O)c1ccncc1. The van der Waals surface area contributed by atoms with E-state index in [2.05, 4.69) is 28.8 Å². The number of carbonyl (C=O) groups excluding carboxylic acids is 1. The predicted octanol–water partition coefficient (Wildman–Crippen LogP) is 3.89. The fourth-order valence-electron chi connectivity index (χ4n) is 4.09. The number of nitrogens with zero attached hydrogens (tertiary/aromatic N) is 4. The summed E-state index contributed by atoms with van der Waals surface area (Å²) in [6.45, 7) is 5.15. The molecule has 2 N–H and O–H groups in total. The van der Waals surface area contributed by atoms with Gasteiger partial charge in [0.1, 0.15) is 0 Å². The molecule has 0 spiro atoms. The monoisotopic (exact) mass is 395 g/mol. The number of pyridine rings is 1. The van der Waals surface area contributed by atoms with Crippen molar-refractivity contribution in [2.75, 3.05) is 12.3 Å². The summed E-state index contributed by atoms with van der Waals surface area (Å²) in [6.07, 6.45) is 5.31. The molecule has 6 nitrogen and oxygen atoms in total. The second kappa shape index (κ2) is 6.84. The average Bonchev–Trinajstić information content (AvgIpc) is 3.28. The van der Waals surface area contributed by atoms with E-state index in [4.69, 9.17) is 5.73 Å². The number of fused-ring (bicyclic) bond motifs is 2. The molecule has 30 heavy (non-hydrogen) atoms. The van der Waals surface area contributed by atoms with E-state index in [1.165, 1.54) is 0 Å². The molecule has 0 saturated heterocycles. The molecule has 5 rings (SSSR count). The highest BCUT2D eigenvalue weighted by atomic mass is 16.2. The molecule has 0 unspecified atom stereocenters. The first-order chi connectivity index (χ1) is 14.5. The lowest BCUT2D eigenvalue weighted by molar-refractivity contribution is 0.0799. The van der Waals surface area contributed by atoms with Gasteiger partial charge in [0.2, 0.25) is 0 Å². The van der Waals surface area contributed by atoms with Crippen LogP contribution < -0.4 is 5.73 Å². The first-order valence-electron chi connectivity index (χ1n) is 9.73. The van der Waals surface area contributed by atoms with Gasteiger partial charge in [0.15, 0.2) is 0 Å². The Balaban J connectivity index is 1.52. The van der Waals surface area contributed by atoms with E-state index in [1.807, 2.05) is 47.1 Å². The van der Waals surface area contributed by atoms with E-state index < -0.39 is 0 Å². The highest BCUT2D eigenvalue weighted by Gasteiger charge is 2.30. The van der Waals surface area contributed by atoms with Crippen molar-refractivity contribution in [3.05, 3.63) is 84.3 Å². The average molecular weight is 395 g/mol. The zero-order valence-corrected chi connectivity index (χ0v) is 16.7. The Morgan fingerprint density at radius 2 is 1.90 bits per heavy atom. The molecule has 4 aromatic rings. The Bertz CT molecular complexity index is 1310. The normalized spacial score (nSPS) is 13.1. The minimum atomic E-state index is -0.0182. The van der Waals surface area contributed by atoms with Gasteiger partial charge < -0.3 is 10.6 Å². The van der Waals surface area contributed by atoms with Crippen LogP contribution in [-0.2, 0) is 13.6 Å². The number of hydrogen-bond donors (Lipinski definition) is 1. The Morgan fingerprint density at radius 1 is 1.13 bits per heavy atom. The maximum absolute atomic E-state index is 13.1. The summed E-state index contributed by atoms with van der Waals surface area (Å²) in [4.78, 5) is 19.0. The minimum Gasteiger partial charge on any atom is -0.399 e. The van der Waals surface area contributed by atoms with Gasteiger partial charge in [-0.1, -0.05) is 18.7 Å². The van der Waals surface area contributed by atoms with Gasteiger partial charge in [-0.05, 0) is 58.2 Å². The van der Waals surface area contributed by atoms with Crippen LogP contribution in [0.1, 0.15) is 21.5 Å². The van der Waals surface area contributed by atoms with Crippen LogP contribution in [0.5, 0.6) is 0 Å². The number of nitrogens with two attached hydrogens (primary N) is 1. The van der Waals surface area contributed by atoms with E-state index in [9.17, 15) is 4.79 Å². The van der Waals surface area contributed by atoms with Crippen LogP contribution in [0.15, 0.2) is 67.6 Å². The summed E-state index contributed by atoms with van der Waals surface area (Å²) in [5.74, 6) is -0.0182. The molecule has 6 heteroatoms. The largest absolute Gasteiger partial charge is 0.399 e. The molecule has 0 atom stereocenters. The van der Waals surface area contributed by atoms with Crippen LogP contribution in [-0.4, -0.2) is 32.1 Å². The number of hydrogen-bond acceptors (Lipinski definition) is 4. The highest BCUT2D eigenvalue weighted by Crippen LogP contribution is 2.36. The number of amides is 1. The number of rotatable bonds is 4. The molecule has 1 aliphatic rings. The molecule has 0 bridgehead atoms. The van der Waals surface area contributed by atoms with Crippen LogP contribution >= 0.6 is 0 Å². The Morgan fingerprint density at radius 3 is 2.70 bits per heavy atom. The fraction of sp³-hybridized carbons (Fsp3) is 0.125. The Labute approximate surface area is 174 Å². The number of aromatic nitrogens is 3. The molecule has 0 radical (unpaired) electrons. The van der Waals surface area contributed by atoms with Crippen molar-refractivity contribution < 1.29 is 4.79 Å². The first kappa shape index (κ1) is 18.1. The third kappa shape index (κ3) is 2.93. The number of benzene rings is 2. The Kier molecular flexibility index (Phi) is 4.13. The van der Waals surface area contributed by atoms with Gasteiger partial charge in [0, 0.05) is 49.2 Å². The molecule has 0 saturated carbocycles.